The van der Waals surface area contributed by atoms with Gasteiger partial charge in [-0.25, -0.2) is 4.98 Å². The minimum Gasteiger partial charge on any atom is -0.497 e. The molecule has 0 unspecified atom stereocenters. The van der Waals surface area contributed by atoms with Crippen LogP contribution in [0, 0.1) is 0 Å². The number of aromatic amines is 1. The van der Waals surface area contributed by atoms with Crippen molar-refractivity contribution >= 4 is 21.6 Å². The van der Waals surface area contributed by atoms with E-state index in [4.69, 9.17) is 9.72 Å². The molecule has 154 valence electrons. The van der Waals surface area contributed by atoms with Crippen LogP contribution in [0.4, 0.5) is 0 Å². The number of benzene rings is 2. The Bertz CT molecular complexity index is 1170. The van der Waals surface area contributed by atoms with Gasteiger partial charge in [0, 0.05) is 11.4 Å². The lowest BCUT2D eigenvalue weighted by molar-refractivity contribution is 0.276. The average molecular weight is 420 g/mol. The fourth-order valence-electron chi connectivity index (χ4n) is 3.45. The van der Waals surface area contributed by atoms with Gasteiger partial charge in [0.25, 0.3) is 5.56 Å². The normalized spacial score (nSPS) is 11.3. The van der Waals surface area contributed by atoms with Crippen molar-refractivity contribution in [1.29, 1.82) is 0 Å². The first-order valence-corrected chi connectivity index (χ1v) is 10.9. The standard InChI is InChI=1S/C24H25N3O2S/c1-3-27(14-13-17-7-5-4-6-8-17)16-22-25-20-15-21(30-23(20)24(28)26-22)18-9-11-19(29-2)12-10-18/h4-12,15H,3,13-14,16H2,1-2H3,(H,25,26,28). The molecule has 6 heteroatoms. The second-order valence-electron chi connectivity index (χ2n) is 7.17. The first-order chi connectivity index (χ1) is 14.7. The third-order valence-corrected chi connectivity index (χ3v) is 6.36. The lowest BCUT2D eigenvalue weighted by atomic mass is 10.1. The summed E-state index contributed by atoms with van der Waals surface area (Å²) < 4.78 is 5.89. The number of methoxy groups -OCH3 is 1. The van der Waals surface area contributed by atoms with Gasteiger partial charge in [-0.3, -0.25) is 9.69 Å². The summed E-state index contributed by atoms with van der Waals surface area (Å²) in [6.07, 6.45) is 0.973. The van der Waals surface area contributed by atoms with E-state index in [1.807, 2.05) is 36.4 Å². The Morgan fingerprint density at radius 1 is 1.10 bits per heavy atom. The lowest BCUT2D eigenvalue weighted by Gasteiger charge is -2.19. The summed E-state index contributed by atoms with van der Waals surface area (Å²) in [6.45, 7) is 4.58. The first-order valence-electron chi connectivity index (χ1n) is 10.1. The Labute approximate surface area is 180 Å². The van der Waals surface area contributed by atoms with E-state index >= 15 is 0 Å². The lowest BCUT2D eigenvalue weighted by Crippen LogP contribution is -2.27. The summed E-state index contributed by atoms with van der Waals surface area (Å²) >= 11 is 1.47. The highest BCUT2D eigenvalue weighted by molar-refractivity contribution is 7.22. The van der Waals surface area contributed by atoms with Crippen LogP contribution in [0.5, 0.6) is 5.75 Å². The molecular weight excluding hydrogens is 394 g/mol. The minimum atomic E-state index is -0.0705. The van der Waals surface area contributed by atoms with Gasteiger partial charge in [0.1, 0.15) is 16.3 Å². The molecule has 0 amide bonds. The highest BCUT2D eigenvalue weighted by Gasteiger charge is 2.12. The highest BCUT2D eigenvalue weighted by atomic mass is 32.1. The molecule has 2 heterocycles. The molecule has 0 spiro atoms. The van der Waals surface area contributed by atoms with Crippen LogP contribution in [0.2, 0.25) is 0 Å². The van der Waals surface area contributed by atoms with Crippen LogP contribution in [0.25, 0.3) is 20.7 Å². The van der Waals surface area contributed by atoms with E-state index in [2.05, 4.69) is 41.1 Å². The molecule has 0 bridgehead atoms. The van der Waals surface area contributed by atoms with Crippen molar-refractivity contribution in [2.45, 2.75) is 19.9 Å². The van der Waals surface area contributed by atoms with Gasteiger partial charge in [0.05, 0.1) is 19.2 Å². The van der Waals surface area contributed by atoms with E-state index in [1.54, 1.807) is 7.11 Å². The fourth-order valence-corrected chi connectivity index (χ4v) is 4.45. The quantitative estimate of drug-likeness (QED) is 0.449. The van der Waals surface area contributed by atoms with Gasteiger partial charge < -0.3 is 9.72 Å². The summed E-state index contributed by atoms with van der Waals surface area (Å²) in [6, 6.07) is 20.3. The molecule has 0 aliphatic heterocycles. The minimum absolute atomic E-state index is 0.0705. The van der Waals surface area contributed by atoms with Gasteiger partial charge in [0.2, 0.25) is 0 Å². The zero-order valence-corrected chi connectivity index (χ0v) is 18.0. The Kier molecular flexibility index (Phi) is 6.26. The largest absolute Gasteiger partial charge is 0.497 e. The van der Waals surface area contributed by atoms with Crippen LogP contribution in [0.3, 0.4) is 0 Å². The second-order valence-corrected chi connectivity index (χ2v) is 8.22. The van der Waals surface area contributed by atoms with Crippen molar-refractivity contribution in [1.82, 2.24) is 14.9 Å². The van der Waals surface area contributed by atoms with Gasteiger partial charge in [-0.15, -0.1) is 11.3 Å². The molecule has 1 N–H and O–H groups in total. The maximum Gasteiger partial charge on any atom is 0.268 e. The number of hydrogen-bond acceptors (Lipinski definition) is 5. The predicted molar refractivity (Wildman–Crippen MR) is 123 cm³/mol. The van der Waals surface area contributed by atoms with Crippen molar-refractivity contribution in [3.05, 3.63) is 82.4 Å². The van der Waals surface area contributed by atoms with Crippen molar-refractivity contribution < 1.29 is 4.74 Å². The Morgan fingerprint density at radius 3 is 2.57 bits per heavy atom. The molecule has 0 aliphatic carbocycles. The van der Waals surface area contributed by atoms with Crippen molar-refractivity contribution in [3.63, 3.8) is 0 Å². The molecule has 0 radical (unpaired) electrons. The summed E-state index contributed by atoms with van der Waals surface area (Å²) in [5, 5.41) is 0. The van der Waals surface area contributed by atoms with E-state index in [-0.39, 0.29) is 5.56 Å². The second kappa shape index (κ2) is 9.24. The van der Waals surface area contributed by atoms with Crippen LogP contribution in [0.15, 0.2) is 65.5 Å². The van der Waals surface area contributed by atoms with Gasteiger partial charge in [-0.1, -0.05) is 37.3 Å². The smallest absolute Gasteiger partial charge is 0.268 e. The van der Waals surface area contributed by atoms with E-state index in [1.165, 1.54) is 16.9 Å². The maximum atomic E-state index is 12.7. The molecule has 2 aromatic heterocycles. The molecule has 4 aromatic rings. The molecule has 0 atom stereocenters. The first kappa shape index (κ1) is 20.3. The van der Waals surface area contributed by atoms with Gasteiger partial charge in [0.15, 0.2) is 0 Å². The van der Waals surface area contributed by atoms with Crippen LogP contribution >= 0.6 is 11.3 Å². The molecule has 0 saturated heterocycles. The summed E-state index contributed by atoms with van der Waals surface area (Å²) in [4.78, 5) is 23.7. The van der Waals surface area contributed by atoms with Crippen molar-refractivity contribution in [2.75, 3.05) is 20.2 Å². The van der Waals surface area contributed by atoms with E-state index in [0.29, 0.717) is 17.1 Å². The van der Waals surface area contributed by atoms with Crippen LogP contribution < -0.4 is 10.3 Å². The number of nitrogens with one attached hydrogen (secondary N) is 1. The highest BCUT2D eigenvalue weighted by Crippen LogP contribution is 2.31. The van der Waals surface area contributed by atoms with Crippen LogP contribution in [-0.2, 0) is 13.0 Å². The van der Waals surface area contributed by atoms with E-state index in [0.717, 1.165) is 41.2 Å². The molecule has 5 nitrogen and oxygen atoms in total. The number of hydrogen-bond donors (Lipinski definition) is 1. The van der Waals surface area contributed by atoms with E-state index < -0.39 is 0 Å². The van der Waals surface area contributed by atoms with Gasteiger partial charge in [-0.2, -0.15) is 0 Å². The van der Waals surface area contributed by atoms with Crippen molar-refractivity contribution in [3.8, 4) is 16.2 Å². The zero-order valence-electron chi connectivity index (χ0n) is 17.2. The molecule has 2 aromatic carbocycles. The van der Waals surface area contributed by atoms with Gasteiger partial charge >= 0.3 is 0 Å². The van der Waals surface area contributed by atoms with Crippen molar-refractivity contribution in [2.24, 2.45) is 0 Å². The summed E-state index contributed by atoms with van der Waals surface area (Å²) in [5.74, 6) is 1.52. The molecular formula is C24H25N3O2S. The molecule has 0 aliphatic rings. The zero-order chi connectivity index (χ0) is 20.9. The molecule has 0 fully saturated rings. The predicted octanol–water partition coefficient (Wildman–Crippen LogP) is 4.72. The topological polar surface area (TPSA) is 58.2 Å². The van der Waals surface area contributed by atoms with Gasteiger partial charge in [-0.05, 0) is 54.4 Å². The molecule has 30 heavy (non-hydrogen) atoms. The number of H-pyrrole nitrogens is 1. The third-order valence-electron chi connectivity index (χ3n) is 5.19. The average Bonchev–Trinajstić information content (AvgIpc) is 3.22. The third kappa shape index (κ3) is 4.61. The number of ether oxygens (including phenoxy) is 1. The number of fused-ring (bicyclic) bond motifs is 1. The fraction of sp³-hybridized carbons (Fsp3) is 0.250. The van der Waals surface area contributed by atoms with Crippen LogP contribution in [0.1, 0.15) is 18.3 Å². The monoisotopic (exact) mass is 419 g/mol. The summed E-state index contributed by atoms with van der Waals surface area (Å²) in [5.41, 5.74) is 3.05. The molecule has 4 rings (SSSR count). The van der Waals surface area contributed by atoms with E-state index in [9.17, 15) is 4.79 Å². The number of likely N-dealkylation sites (N-methyl/N-ethyl adjacent to an activating group) is 1. The number of thiophene rings is 1. The number of rotatable bonds is 8. The number of nitrogens with zero attached hydrogens (tertiary/aromatic N) is 2. The number of aromatic nitrogens is 2. The Hall–Kier alpha value is -2.96. The maximum absolute atomic E-state index is 12.7. The summed E-state index contributed by atoms with van der Waals surface area (Å²) in [7, 11) is 1.65. The Balaban J connectivity index is 1.53. The Morgan fingerprint density at radius 2 is 1.87 bits per heavy atom. The molecule has 0 saturated carbocycles. The SMILES string of the molecule is CCN(CCc1ccccc1)Cc1nc2cc(-c3ccc(OC)cc3)sc2c(=O)[nH]1. The van der Waals surface area contributed by atoms with Crippen LogP contribution in [-0.4, -0.2) is 35.1 Å².